The van der Waals surface area contributed by atoms with Gasteiger partial charge in [0.05, 0.1) is 5.56 Å². The SMILES string of the molecule is Cc1cccc(NCCOc2cccc(C(F)(F)F)c2)c1. The molecule has 0 aromatic heterocycles. The van der Waals surface area contributed by atoms with E-state index in [0.29, 0.717) is 6.54 Å². The fourth-order valence-electron chi connectivity index (χ4n) is 1.88. The van der Waals surface area contributed by atoms with Gasteiger partial charge in [0, 0.05) is 12.2 Å². The van der Waals surface area contributed by atoms with E-state index in [4.69, 9.17) is 4.74 Å². The minimum atomic E-state index is -4.35. The van der Waals surface area contributed by atoms with Crippen LogP contribution in [0.2, 0.25) is 0 Å². The molecular weight excluding hydrogens is 279 g/mol. The Labute approximate surface area is 121 Å². The molecule has 2 nitrogen and oxygen atoms in total. The van der Waals surface area contributed by atoms with Crippen molar-refractivity contribution in [3.63, 3.8) is 0 Å². The van der Waals surface area contributed by atoms with Crippen molar-refractivity contribution in [2.45, 2.75) is 13.1 Å². The van der Waals surface area contributed by atoms with Crippen molar-refractivity contribution in [1.82, 2.24) is 0 Å². The molecule has 0 saturated heterocycles. The van der Waals surface area contributed by atoms with Crippen LogP contribution in [0, 0.1) is 6.92 Å². The quantitative estimate of drug-likeness (QED) is 0.820. The van der Waals surface area contributed by atoms with Gasteiger partial charge < -0.3 is 10.1 Å². The summed E-state index contributed by atoms with van der Waals surface area (Å²) in [6, 6.07) is 12.7. The monoisotopic (exact) mass is 295 g/mol. The third-order valence-corrected chi connectivity index (χ3v) is 2.88. The molecule has 2 rings (SSSR count). The fraction of sp³-hybridized carbons (Fsp3) is 0.250. The van der Waals surface area contributed by atoms with Crippen molar-refractivity contribution in [2.75, 3.05) is 18.5 Å². The van der Waals surface area contributed by atoms with E-state index in [1.54, 1.807) is 0 Å². The maximum absolute atomic E-state index is 12.5. The molecule has 1 N–H and O–H groups in total. The van der Waals surface area contributed by atoms with Crippen molar-refractivity contribution >= 4 is 5.69 Å². The first kappa shape index (κ1) is 15.2. The molecule has 0 spiro atoms. The van der Waals surface area contributed by atoms with Gasteiger partial charge in [-0.1, -0.05) is 18.2 Å². The standard InChI is InChI=1S/C16H16F3NO/c1-12-4-2-6-14(10-12)20-8-9-21-15-7-3-5-13(11-15)16(17,18)19/h2-7,10-11,20H,8-9H2,1H3. The van der Waals surface area contributed by atoms with E-state index >= 15 is 0 Å². The lowest BCUT2D eigenvalue weighted by Gasteiger charge is -2.11. The van der Waals surface area contributed by atoms with Crippen molar-refractivity contribution in [3.05, 3.63) is 59.7 Å². The molecule has 0 aliphatic rings. The largest absolute Gasteiger partial charge is 0.492 e. The van der Waals surface area contributed by atoms with Crippen molar-refractivity contribution < 1.29 is 17.9 Å². The van der Waals surface area contributed by atoms with Crippen LogP contribution in [0.3, 0.4) is 0 Å². The number of nitrogens with one attached hydrogen (secondary N) is 1. The molecule has 0 aliphatic carbocycles. The van der Waals surface area contributed by atoms with Gasteiger partial charge in [0.2, 0.25) is 0 Å². The first-order valence-corrected chi connectivity index (χ1v) is 6.56. The van der Waals surface area contributed by atoms with E-state index in [-0.39, 0.29) is 12.4 Å². The normalized spacial score (nSPS) is 11.2. The highest BCUT2D eigenvalue weighted by Gasteiger charge is 2.30. The average Bonchev–Trinajstić information content (AvgIpc) is 2.43. The van der Waals surface area contributed by atoms with E-state index < -0.39 is 11.7 Å². The van der Waals surface area contributed by atoms with Gasteiger partial charge in [0.25, 0.3) is 0 Å². The number of rotatable bonds is 5. The van der Waals surface area contributed by atoms with Gasteiger partial charge in [-0.2, -0.15) is 13.2 Å². The number of anilines is 1. The van der Waals surface area contributed by atoms with Crippen LogP contribution in [0.4, 0.5) is 18.9 Å². The Balaban J connectivity index is 1.84. The number of aryl methyl sites for hydroxylation is 1. The molecule has 0 unspecified atom stereocenters. The van der Waals surface area contributed by atoms with Gasteiger partial charge in [-0.3, -0.25) is 0 Å². The Kier molecular flexibility index (Phi) is 4.73. The smallest absolute Gasteiger partial charge is 0.416 e. The molecule has 0 fully saturated rings. The molecule has 2 aromatic carbocycles. The average molecular weight is 295 g/mol. The lowest BCUT2D eigenvalue weighted by molar-refractivity contribution is -0.137. The summed E-state index contributed by atoms with van der Waals surface area (Å²) in [7, 11) is 0. The number of halogens is 3. The lowest BCUT2D eigenvalue weighted by atomic mass is 10.2. The van der Waals surface area contributed by atoms with Gasteiger partial charge in [0.15, 0.2) is 0 Å². The zero-order valence-electron chi connectivity index (χ0n) is 11.6. The summed E-state index contributed by atoms with van der Waals surface area (Å²) in [5, 5.41) is 3.15. The van der Waals surface area contributed by atoms with Gasteiger partial charge in [0.1, 0.15) is 12.4 Å². The molecule has 5 heteroatoms. The number of ether oxygens (including phenoxy) is 1. The Bertz CT molecular complexity index is 596. The van der Waals surface area contributed by atoms with Gasteiger partial charge in [-0.15, -0.1) is 0 Å². The van der Waals surface area contributed by atoms with Crippen LogP contribution < -0.4 is 10.1 Å². The zero-order chi connectivity index (χ0) is 15.3. The van der Waals surface area contributed by atoms with Crippen LogP contribution in [0.25, 0.3) is 0 Å². The third-order valence-electron chi connectivity index (χ3n) is 2.88. The second kappa shape index (κ2) is 6.52. The van der Waals surface area contributed by atoms with Gasteiger partial charge >= 0.3 is 6.18 Å². The van der Waals surface area contributed by atoms with E-state index in [2.05, 4.69) is 5.32 Å². The fourth-order valence-corrected chi connectivity index (χ4v) is 1.88. The zero-order valence-corrected chi connectivity index (χ0v) is 11.6. The van der Waals surface area contributed by atoms with Crippen LogP contribution in [-0.4, -0.2) is 13.2 Å². The van der Waals surface area contributed by atoms with Crippen LogP contribution in [0.1, 0.15) is 11.1 Å². The van der Waals surface area contributed by atoms with E-state index in [9.17, 15) is 13.2 Å². The van der Waals surface area contributed by atoms with E-state index in [1.165, 1.54) is 12.1 Å². The van der Waals surface area contributed by atoms with Crippen molar-refractivity contribution in [2.24, 2.45) is 0 Å². The molecule has 0 saturated carbocycles. The second-order valence-corrected chi connectivity index (χ2v) is 4.67. The minimum absolute atomic E-state index is 0.218. The highest BCUT2D eigenvalue weighted by Crippen LogP contribution is 2.31. The lowest BCUT2D eigenvalue weighted by Crippen LogP contribution is -2.12. The summed E-state index contributed by atoms with van der Waals surface area (Å²) in [6.45, 7) is 2.79. The molecule has 0 heterocycles. The molecule has 21 heavy (non-hydrogen) atoms. The Morgan fingerprint density at radius 1 is 1.05 bits per heavy atom. The van der Waals surface area contributed by atoms with Crippen LogP contribution in [0.5, 0.6) is 5.75 Å². The van der Waals surface area contributed by atoms with Crippen LogP contribution >= 0.6 is 0 Å². The van der Waals surface area contributed by atoms with Crippen LogP contribution in [-0.2, 0) is 6.18 Å². The van der Waals surface area contributed by atoms with Gasteiger partial charge in [-0.05, 0) is 42.8 Å². The number of benzene rings is 2. The minimum Gasteiger partial charge on any atom is -0.492 e. The summed E-state index contributed by atoms with van der Waals surface area (Å²) in [6.07, 6.45) is -4.35. The highest BCUT2D eigenvalue weighted by molar-refractivity contribution is 5.45. The Morgan fingerprint density at radius 3 is 2.52 bits per heavy atom. The predicted molar refractivity (Wildman–Crippen MR) is 76.6 cm³/mol. The van der Waals surface area contributed by atoms with E-state index in [0.717, 1.165) is 23.4 Å². The molecule has 112 valence electrons. The highest BCUT2D eigenvalue weighted by atomic mass is 19.4. The van der Waals surface area contributed by atoms with Crippen molar-refractivity contribution in [1.29, 1.82) is 0 Å². The molecule has 2 aromatic rings. The maximum atomic E-state index is 12.5. The summed E-state index contributed by atoms with van der Waals surface area (Å²) >= 11 is 0. The van der Waals surface area contributed by atoms with Crippen LogP contribution in [0.15, 0.2) is 48.5 Å². The Morgan fingerprint density at radius 2 is 1.81 bits per heavy atom. The molecule has 0 aliphatic heterocycles. The summed E-state index contributed by atoms with van der Waals surface area (Å²) < 4.78 is 43.0. The summed E-state index contributed by atoms with van der Waals surface area (Å²) in [5.74, 6) is 0.218. The summed E-state index contributed by atoms with van der Waals surface area (Å²) in [5.41, 5.74) is 1.40. The first-order valence-electron chi connectivity index (χ1n) is 6.56. The maximum Gasteiger partial charge on any atom is 0.416 e. The third kappa shape index (κ3) is 4.70. The molecular formula is C16H16F3NO. The van der Waals surface area contributed by atoms with E-state index in [1.807, 2.05) is 31.2 Å². The first-order chi connectivity index (χ1) is 9.95. The molecule has 0 bridgehead atoms. The second-order valence-electron chi connectivity index (χ2n) is 4.67. The predicted octanol–water partition coefficient (Wildman–Crippen LogP) is 4.50. The number of hydrogen-bond donors (Lipinski definition) is 1. The molecule has 0 amide bonds. The number of hydrogen-bond acceptors (Lipinski definition) is 2. The summed E-state index contributed by atoms with van der Waals surface area (Å²) in [4.78, 5) is 0. The van der Waals surface area contributed by atoms with Crippen molar-refractivity contribution in [3.8, 4) is 5.75 Å². The topological polar surface area (TPSA) is 21.3 Å². The molecule has 0 atom stereocenters. The molecule has 0 radical (unpaired) electrons. The Hall–Kier alpha value is -2.17. The van der Waals surface area contributed by atoms with Gasteiger partial charge in [-0.25, -0.2) is 0 Å². The number of alkyl halides is 3.